The highest BCUT2D eigenvalue weighted by Gasteiger charge is 2.46. The lowest BCUT2D eigenvalue weighted by molar-refractivity contribution is 0.0892. The summed E-state index contributed by atoms with van der Waals surface area (Å²) in [5.41, 5.74) is 13.6. The van der Waals surface area contributed by atoms with Crippen LogP contribution in [0.4, 0.5) is 0 Å². The van der Waals surface area contributed by atoms with E-state index in [-0.39, 0.29) is 5.78 Å². The molecule has 9 aromatic carbocycles. The molecule has 1 heterocycles. The summed E-state index contributed by atoms with van der Waals surface area (Å²) in [6, 6.07) is 58.9. The number of benzene rings is 9. The van der Waals surface area contributed by atoms with Gasteiger partial charge in [-0.25, -0.2) is 0 Å². The average Bonchev–Trinajstić information content (AvgIpc) is 3.60. The molecule has 0 aliphatic heterocycles. The normalized spacial score (nSPS) is 15.9. The molecule has 0 N–H and O–H groups in total. The number of hydrogen-bond acceptors (Lipinski definition) is 2. The Bertz CT molecular complexity index is 3250. The molecule has 0 spiro atoms. The highest BCUT2D eigenvalue weighted by atomic mass is 16.3. The molecular formula is C52H32O2. The zero-order valence-electron chi connectivity index (χ0n) is 29.6. The lowest BCUT2D eigenvalue weighted by atomic mass is 9.60. The van der Waals surface area contributed by atoms with E-state index in [0.717, 1.165) is 60.9 Å². The van der Waals surface area contributed by atoms with E-state index in [1.54, 1.807) is 0 Å². The van der Waals surface area contributed by atoms with Crippen LogP contribution >= 0.6 is 0 Å². The smallest absolute Gasteiger partial charge is 0.174 e. The van der Waals surface area contributed by atoms with Gasteiger partial charge in [-0.1, -0.05) is 127 Å². The third kappa shape index (κ3) is 3.97. The van der Waals surface area contributed by atoms with Crippen LogP contribution in [-0.2, 0) is 11.8 Å². The first-order valence-electron chi connectivity index (χ1n) is 18.7. The van der Waals surface area contributed by atoms with Gasteiger partial charge in [0.15, 0.2) is 5.78 Å². The maximum atomic E-state index is 14.1. The molecule has 0 saturated heterocycles. The van der Waals surface area contributed by atoms with E-state index in [4.69, 9.17) is 4.42 Å². The highest BCUT2D eigenvalue weighted by molar-refractivity contribution is 6.26. The van der Waals surface area contributed by atoms with Gasteiger partial charge >= 0.3 is 0 Å². The van der Waals surface area contributed by atoms with Crippen molar-refractivity contribution >= 4 is 60.0 Å². The number of carbonyl (C=O) groups excluding carboxylic acids is 1. The van der Waals surface area contributed by atoms with Crippen molar-refractivity contribution in [2.45, 2.75) is 18.8 Å². The van der Waals surface area contributed by atoms with Gasteiger partial charge in [0, 0.05) is 16.3 Å². The van der Waals surface area contributed by atoms with E-state index < -0.39 is 5.41 Å². The molecule has 54 heavy (non-hydrogen) atoms. The van der Waals surface area contributed by atoms with E-state index in [9.17, 15) is 4.79 Å². The Morgan fingerprint density at radius 3 is 1.52 bits per heavy atom. The van der Waals surface area contributed by atoms with Crippen molar-refractivity contribution in [2.24, 2.45) is 0 Å². The predicted octanol–water partition coefficient (Wildman–Crippen LogP) is 13.7. The van der Waals surface area contributed by atoms with Gasteiger partial charge in [0.05, 0.1) is 5.41 Å². The van der Waals surface area contributed by atoms with Crippen molar-refractivity contribution in [1.82, 2.24) is 0 Å². The van der Waals surface area contributed by atoms with Crippen molar-refractivity contribution in [1.29, 1.82) is 0 Å². The number of rotatable bonds is 2. The molecule has 1 unspecified atom stereocenters. The molecule has 12 rings (SSSR count). The Labute approximate surface area is 311 Å². The first-order valence-corrected chi connectivity index (χ1v) is 18.7. The fraction of sp³-hybridized carbons (Fsp3) is 0.0577. The fourth-order valence-corrected chi connectivity index (χ4v) is 9.86. The van der Waals surface area contributed by atoms with Crippen molar-refractivity contribution < 1.29 is 9.21 Å². The van der Waals surface area contributed by atoms with Crippen LogP contribution in [0.3, 0.4) is 0 Å². The van der Waals surface area contributed by atoms with Gasteiger partial charge in [0.2, 0.25) is 0 Å². The number of furan rings is 1. The molecule has 0 bridgehead atoms. The molecule has 0 fully saturated rings. The molecule has 2 heteroatoms. The molecule has 1 atom stereocenters. The van der Waals surface area contributed by atoms with Crippen molar-refractivity contribution in [3.63, 3.8) is 0 Å². The van der Waals surface area contributed by atoms with E-state index in [2.05, 4.69) is 153 Å². The summed E-state index contributed by atoms with van der Waals surface area (Å²) in [6.07, 6.45) is 0.689. The van der Waals surface area contributed by atoms with Gasteiger partial charge in [-0.05, 0) is 138 Å². The zero-order valence-corrected chi connectivity index (χ0v) is 29.6. The minimum atomic E-state index is -0.590. The molecular weight excluding hydrogens is 657 g/mol. The molecule has 0 radical (unpaired) electrons. The quantitative estimate of drug-likeness (QED) is 0.169. The Balaban J connectivity index is 0.987. The average molecular weight is 689 g/mol. The summed E-state index contributed by atoms with van der Waals surface area (Å²) in [5, 5.41) is 9.87. The van der Waals surface area contributed by atoms with E-state index in [1.807, 2.05) is 18.2 Å². The lowest BCUT2D eigenvalue weighted by Crippen LogP contribution is -2.41. The van der Waals surface area contributed by atoms with Crippen LogP contribution in [-0.4, -0.2) is 5.78 Å². The molecule has 252 valence electrons. The van der Waals surface area contributed by atoms with E-state index >= 15 is 0 Å². The Morgan fingerprint density at radius 1 is 0.407 bits per heavy atom. The van der Waals surface area contributed by atoms with Crippen LogP contribution in [0, 0.1) is 0 Å². The van der Waals surface area contributed by atoms with Crippen LogP contribution in [0.2, 0.25) is 0 Å². The predicted molar refractivity (Wildman–Crippen MR) is 223 cm³/mol. The van der Waals surface area contributed by atoms with E-state index in [1.165, 1.54) is 54.6 Å². The standard InChI is InChI=1S/C52H32O2/c1-52-29-34-18-17-30(25-44(34)42-16-8-15-41(50(42)52)39-13-6-7-14-43(39)51(52)53)32-20-23-48-46(27-32)47-28-33(21-24-49(47)54-48)31-19-22-40-37-11-3-2-9-35(37)36-10-4-5-12-38(36)45(40)26-31/h2-28H,29H2,1H3. The van der Waals surface area contributed by atoms with Crippen LogP contribution in [0.1, 0.15) is 28.4 Å². The van der Waals surface area contributed by atoms with Gasteiger partial charge < -0.3 is 4.42 Å². The van der Waals surface area contributed by atoms with Crippen LogP contribution in [0.25, 0.3) is 98.8 Å². The molecule has 0 saturated carbocycles. The van der Waals surface area contributed by atoms with Gasteiger partial charge in [-0.3, -0.25) is 4.79 Å². The number of ketones is 1. The molecule has 2 nitrogen and oxygen atoms in total. The Hall–Kier alpha value is -6.77. The van der Waals surface area contributed by atoms with Crippen molar-refractivity contribution in [3.8, 4) is 44.5 Å². The monoisotopic (exact) mass is 688 g/mol. The maximum Gasteiger partial charge on any atom is 0.174 e. The molecule has 0 amide bonds. The topological polar surface area (TPSA) is 30.2 Å². The Kier molecular flexibility index (Phi) is 5.87. The number of Topliss-reactive ketones (excluding diaryl/α,β-unsaturated/α-hetero) is 1. The van der Waals surface area contributed by atoms with Crippen LogP contribution in [0.5, 0.6) is 0 Å². The fourth-order valence-electron chi connectivity index (χ4n) is 9.86. The number of hydrogen-bond donors (Lipinski definition) is 0. The van der Waals surface area contributed by atoms with Crippen LogP contribution < -0.4 is 0 Å². The van der Waals surface area contributed by atoms with Crippen molar-refractivity contribution in [2.75, 3.05) is 0 Å². The highest BCUT2D eigenvalue weighted by Crippen LogP contribution is 2.53. The maximum absolute atomic E-state index is 14.1. The minimum Gasteiger partial charge on any atom is -0.456 e. The summed E-state index contributed by atoms with van der Waals surface area (Å²) >= 11 is 0. The first-order chi connectivity index (χ1) is 26.5. The van der Waals surface area contributed by atoms with Gasteiger partial charge in [-0.2, -0.15) is 0 Å². The molecule has 2 aliphatic rings. The second-order valence-corrected chi connectivity index (χ2v) is 15.4. The van der Waals surface area contributed by atoms with E-state index in [0.29, 0.717) is 6.42 Å². The van der Waals surface area contributed by atoms with Gasteiger partial charge in [0.25, 0.3) is 0 Å². The van der Waals surface area contributed by atoms with Gasteiger partial charge in [0.1, 0.15) is 11.2 Å². The third-order valence-electron chi connectivity index (χ3n) is 12.4. The number of carbonyl (C=O) groups is 1. The third-order valence-corrected chi connectivity index (χ3v) is 12.4. The molecule has 10 aromatic rings. The molecule has 2 aliphatic carbocycles. The summed E-state index contributed by atoms with van der Waals surface area (Å²) in [4.78, 5) is 14.1. The summed E-state index contributed by atoms with van der Waals surface area (Å²) in [5.74, 6) is 0.218. The van der Waals surface area contributed by atoms with Gasteiger partial charge in [-0.15, -0.1) is 0 Å². The van der Waals surface area contributed by atoms with Crippen LogP contribution in [0.15, 0.2) is 168 Å². The second kappa shape index (κ2) is 10.7. The Morgan fingerprint density at radius 2 is 0.870 bits per heavy atom. The minimum absolute atomic E-state index is 0.218. The lowest BCUT2D eigenvalue weighted by Gasteiger charge is -2.41. The van der Waals surface area contributed by atoms with Crippen molar-refractivity contribution in [3.05, 3.63) is 180 Å². The SMILES string of the molecule is CC12Cc3ccc(-c4ccc5oc6ccc(-c7ccc8c9ccccc9c9ccccc9c8c7)cc6c5c4)cc3-c3cccc(c31)-c1ccccc1C2=O. The largest absolute Gasteiger partial charge is 0.456 e. The number of fused-ring (bicyclic) bond motifs is 13. The second-order valence-electron chi connectivity index (χ2n) is 15.4. The summed E-state index contributed by atoms with van der Waals surface area (Å²) < 4.78 is 6.41. The first kappa shape index (κ1) is 29.8. The summed E-state index contributed by atoms with van der Waals surface area (Å²) in [6.45, 7) is 2.14. The zero-order chi connectivity index (χ0) is 35.7. The molecule has 1 aromatic heterocycles. The summed E-state index contributed by atoms with van der Waals surface area (Å²) in [7, 11) is 0.